The van der Waals surface area contributed by atoms with Gasteiger partial charge in [-0.15, -0.1) is 0 Å². The Bertz CT molecular complexity index is 1050. The number of hydrogen-bond donors (Lipinski definition) is 2. The molecule has 0 bridgehead atoms. The molecule has 0 fully saturated rings. The van der Waals surface area contributed by atoms with Gasteiger partial charge in [0.1, 0.15) is 11.8 Å². The quantitative estimate of drug-likeness (QED) is 0.473. The van der Waals surface area contributed by atoms with E-state index >= 15 is 0 Å². The molecule has 10 nitrogen and oxygen atoms in total. The number of esters is 1. The number of urea groups is 1. The molecule has 3 rings (SSSR count). The smallest absolute Gasteiger partial charge is 0.338 e. The van der Waals surface area contributed by atoms with Gasteiger partial charge in [0.15, 0.2) is 5.43 Å². The Balaban J connectivity index is 2.19. The van der Waals surface area contributed by atoms with Crippen molar-refractivity contribution in [1.82, 2.24) is 10.6 Å². The van der Waals surface area contributed by atoms with E-state index in [-0.39, 0.29) is 40.1 Å². The molecule has 2 heterocycles. The second-order valence-corrected chi connectivity index (χ2v) is 5.75. The minimum absolute atomic E-state index is 0.0321. The Kier molecular flexibility index (Phi) is 4.63. The van der Waals surface area contributed by atoms with Crippen molar-refractivity contribution >= 4 is 28.7 Å². The van der Waals surface area contributed by atoms with Crippen molar-refractivity contribution < 1.29 is 23.7 Å². The molecule has 1 aromatic heterocycles. The molecule has 0 saturated heterocycles. The molecule has 2 aromatic rings. The molecule has 1 aromatic carbocycles. The monoisotopic (exact) mass is 373 g/mol. The fourth-order valence-electron chi connectivity index (χ4n) is 2.85. The van der Waals surface area contributed by atoms with Crippen LogP contribution in [-0.2, 0) is 9.53 Å². The molecule has 10 heteroatoms. The molecule has 1 atom stereocenters. The number of carbonyl (C=O) groups excluding carboxylic acids is 2. The Labute approximate surface area is 151 Å². The van der Waals surface area contributed by atoms with Crippen LogP contribution in [0.15, 0.2) is 44.9 Å². The zero-order chi connectivity index (χ0) is 19.7. The fourth-order valence-corrected chi connectivity index (χ4v) is 2.85. The number of amides is 2. The van der Waals surface area contributed by atoms with Gasteiger partial charge in [0.25, 0.3) is 5.69 Å². The van der Waals surface area contributed by atoms with Crippen LogP contribution in [0.3, 0.4) is 0 Å². The summed E-state index contributed by atoms with van der Waals surface area (Å²) in [5, 5.41) is 15.9. The number of allylic oxidation sites excluding steroid dienone is 1. The lowest BCUT2D eigenvalue weighted by Gasteiger charge is -2.27. The van der Waals surface area contributed by atoms with E-state index in [1.54, 1.807) is 6.92 Å². The summed E-state index contributed by atoms with van der Waals surface area (Å²) in [6.45, 7) is 3.24. The highest BCUT2D eigenvalue weighted by molar-refractivity contribution is 5.95. The molecule has 27 heavy (non-hydrogen) atoms. The third-order valence-electron chi connectivity index (χ3n) is 4.07. The minimum atomic E-state index is -1.11. The molecule has 1 unspecified atom stereocenters. The van der Waals surface area contributed by atoms with Crippen molar-refractivity contribution in [3.05, 3.63) is 61.6 Å². The topological polar surface area (TPSA) is 141 Å². The zero-order valence-electron chi connectivity index (χ0n) is 14.4. The normalized spacial score (nSPS) is 16.7. The first-order chi connectivity index (χ1) is 12.8. The predicted molar refractivity (Wildman–Crippen MR) is 92.9 cm³/mol. The van der Waals surface area contributed by atoms with Crippen LogP contribution in [-0.4, -0.2) is 23.5 Å². The molecular formula is C17H15N3O7. The highest BCUT2D eigenvalue weighted by Gasteiger charge is 2.34. The van der Waals surface area contributed by atoms with Crippen molar-refractivity contribution in [3.63, 3.8) is 0 Å². The van der Waals surface area contributed by atoms with Crippen molar-refractivity contribution in [2.24, 2.45) is 0 Å². The highest BCUT2D eigenvalue weighted by atomic mass is 16.6. The third kappa shape index (κ3) is 3.24. The maximum absolute atomic E-state index is 12.9. The largest absolute Gasteiger partial charge is 0.464 e. The lowest BCUT2D eigenvalue weighted by molar-refractivity contribution is -0.384. The fraction of sp³-hybridized carbons (Fsp3) is 0.235. The summed E-state index contributed by atoms with van der Waals surface area (Å²) in [6.07, 6.45) is 1.12. The van der Waals surface area contributed by atoms with Gasteiger partial charge in [-0.25, -0.2) is 9.59 Å². The molecule has 0 spiro atoms. The average molecular weight is 373 g/mol. The number of nitrogens with zero attached hydrogens (tertiary/aromatic N) is 1. The number of benzene rings is 1. The number of ether oxygens (including phenoxy) is 1. The van der Waals surface area contributed by atoms with E-state index in [0.29, 0.717) is 0 Å². The summed E-state index contributed by atoms with van der Waals surface area (Å²) in [5.41, 5.74) is -0.483. The summed E-state index contributed by atoms with van der Waals surface area (Å²) in [5.74, 6) is -0.703. The molecule has 1 aliphatic rings. The first-order valence-corrected chi connectivity index (χ1v) is 7.98. The number of carbonyl (C=O) groups is 2. The van der Waals surface area contributed by atoms with Gasteiger partial charge in [0.2, 0.25) is 0 Å². The summed E-state index contributed by atoms with van der Waals surface area (Å²) >= 11 is 0. The standard InChI is InChI=1S/C17H15N3O7/c1-3-26-16(22)13-8(2)18-17(23)19-14(13)11-7-27-12-5-4-9(20(24)25)6-10(12)15(11)21/h4-7,14H,3H2,1-2H3,(H2,18,19,23). The van der Waals surface area contributed by atoms with E-state index in [4.69, 9.17) is 9.15 Å². The van der Waals surface area contributed by atoms with Gasteiger partial charge in [0, 0.05) is 17.8 Å². The SMILES string of the molecule is CCOC(=O)C1=C(C)NC(=O)NC1c1coc2ccc([N+](=O)[O-])cc2c1=O. The van der Waals surface area contributed by atoms with Crippen LogP contribution in [0.1, 0.15) is 25.5 Å². The second-order valence-electron chi connectivity index (χ2n) is 5.75. The molecule has 140 valence electrons. The lowest BCUT2D eigenvalue weighted by Crippen LogP contribution is -2.46. The van der Waals surface area contributed by atoms with Gasteiger partial charge >= 0.3 is 12.0 Å². The van der Waals surface area contributed by atoms with Gasteiger partial charge in [-0.2, -0.15) is 0 Å². The lowest BCUT2D eigenvalue weighted by atomic mass is 9.96. The van der Waals surface area contributed by atoms with Gasteiger partial charge in [-0.05, 0) is 19.9 Å². The number of fused-ring (bicyclic) bond motifs is 1. The van der Waals surface area contributed by atoms with Crippen LogP contribution in [0.4, 0.5) is 10.5 Å². The average Bonchev–Trinajstić information content (AvgIpc) is 2.61. The summed E-state index contributed by atoms with van der Waals surface area (Å²) in [7, 11) is 0. The molecule has 0 aliphatic carbocycles. The van der Waals surface area contributed by atoms with Crippen molar-refractivity contribution in [2.45, 2.75) is 19.9 Å². The number of hydrogen-bond acceptors (Lipinski definition) is 7. The van der Waals surface area contributed by atoms with Gasteiger partial charge < -0.3 is 19.8 Å². The molecule has 2 N–H and O–H groups in total. The summed E-state index contributed by atoms with van der Waals surface area (Å²) in [6, 6.07) is 1.90. The minimum Gasteiger partial charge on any atom is -0.464 e. The first-order valence-electron chi connectivity index (χ1n) is 7.98. The Hall–Kier alpha value is -3.69. The maximum atomic E-state index is 12.9. The Morgan fingerprint density at radius 2 is 2.11 bits per heavy atom. The molecule has 0 radical (unpaired) electrons. The van der Waals surface area contributed by atoms with Crippen LogP contribution in [0.5, 0.6) is 0 Å². The van der Waals surface area contributed by atoms with Gasteiger partial charge in [-0.1, -0.05) is 0 Å². The first kappa shape index (κ1) is 18.1. The number of rotatable bonds is 4. The molecule has 1 aliphatic heterocycles. The van der Waals surface area contributed by atoms with E-state index in [9.17, 15) is 24.5 Å². The Morgan fingerprint density at radius 1 is 1.37 bits per heavy atom. The van der Waals surface area contributed by atoms with Crippen LogP contribution in [0, 0.1) is 10.1 Å². The van der Waals surface area contributed by atoms with E-state index in [1.807, 2.05) is 0 Å². The summed E-state index contributed by atoms with van der Waals surface area (Å²) < 4.78 is 10.4. The second kappa shape index (κ2) is 6.90. The molecule has 2 amide bonds. The van der Waals surface area contributed by atoms with E-state index in [0.717, 1.165) is 12.3 Å². The predicted octanol–water partition coefficient (Wildman–Crippen LogP) is 1.89. The van der Waals surface area contributed by atoms with Crippen LogP contribution >= 0.6 is 0 Å². The summed E-state index contributed by atoms with van der Waals surface area (Å²) in [4.78, 5) is 47.5. The van der Waals surface area contributed by atoms with Crippen molar-refractivity contribution in [2.75, 3.05) is 6.61 Å². The van der Waals surface area contributed by atoms with E-state index < -0.39 is 28.4 Å². The molecule has 0 saturated carbocycles. The number of nitro groups is 1. The maximum Gasteiger partial charge on any atom is 0.338 e. The van der Waals surface area contributed by atoms with Crippen LogP contribution in [0.25, 0.3) is 11.0 Å². The third-order valence-corrected chi connectivity index (χ3v) is 4.07. The van der Waals surface area contributed by atoms with Crippen molar-refractivity contribution in [1.29, 1.82) is 0 Å². The van der Waals surface area contributed by atoms with Crippen LogP contribution < -0.4 is 16.1 Å². The Morgan fingerprint density at radius 3 is 2.78 bits per heavy atom. The van der Waals surface area contributed by atoms with E-state index in [1.165, 1.54) is 19.1 Å². The number of nitrogens with one attached hydrogen (secondary N) is 2. The van der Waals surface area contributed by atoms with E-state index in [2.05, 4.69) is 10.6 Å². The number of nitro benzene ring substituents is 1. The molecular weight excluding hydrogens is 358 g/mol. The van der Waals surface area contributed by atoms with Crippen LogP contribution in [0.2, 0.25) is 0 Å². The highest BCUT2D eigenvalue weighted by Crippen LogP contribution is 2.28. The number of non-ortho nitro benzene ring substituents is 1. The van der Waals surface area contributed by atoms with Gasteiger partial charge in [-0.3, -0.25) is 14.9 Å². The van der Waals surface area contributed by atoms with Gasteiger partial charge in [0.05, 0.1) is 34.1 Å². The zero-order valence-corrected chi connectivity index (χ0v) is 14.4. The van der Waals surface area contributed by atoms with Crippen molar-refractivity contribution in [3.8, 4) is 0 Å².